The Labute approximate surface area is 86.1 Å². The molecule has 3 heteroatoms. The van der Waals surface area contributed by atoms with E-state index in [1.54, 1.807) is 0 Å². The van der Waals surface area contributed by atoms with Gasteiger partial charge in [0.25, 0.3) is 0 Å². The molecule has 0 spiro atoms. The van der Waals surface area contributed by atoms with Crippen LogP contribution >= 0.6 is 0 Å². The molecule has 2 saturated heterocycles. The first-order chi connectivity index (χ1) is 6.66. The third-order valence-electron chi connectivity index (χ3n) is 3.59. The summed E-state index contributed by atoms with van der Waals surface area (Å²) in [6.07, 6.45) is 2.00. The second-order valence-electron chi connectivity index (χ2n) is 4.85. The third kappa shape index (κ3) is 1.98. The van der Waals surface area contributed by atoms with Crippen molar-refractivity contribution in [2.24, 2.45) is 5.92 Å². The lowest BCUT2D eigenvalue weighted by Gasteiger charge is -2.39. The first kappa shape index (κ1) is 10.1. The number of carbonyl (C=O) groups excluding carboxylic acids is 1. The van der Waals surface area contributed by atoms with Crippen LogP contribution in [0.1, 0.15) is 19.8 Å². The number of hydrogen-bond donors (Lipinski definition) is 0. The number of carbonyl (C=O) groups is 1. The topological polar surface area (TPSA) is 23.6 Å². The van der Waals surface area contributed by atoms with E-state index in [9.17, 15) is 4.79 Å². The summed E-state index contributed by atoms with van der Waals surface area (Å²) >= 11 is 0. The summed E-state index contributed by atoms with van der Waals surface area (Å²) in [6, 6.07) is 0.651. The SMILES string of the molecule is CC1CN(C)CCC1N1CCC(=O)C1. The molecular formula is C11H20N2O. The fraction of sp³-hybridized carbons (Fsp3) is 0.909. The van der Waals surface area contributed by atoms with Crippen molar-refractivity contribution in [1.29, 1.82) is 0 Å². The van der Waals surface area contributed by atoms with Crippen LogP contribution in [0.5, 0.6) is 0 Å². The number of Topliss-reactive ketones (excluding diaryl/α,β-unsaturated/α-hetero) is 1. The fourth-order valence-corrected chi connectivity index (χ4v) is 2.82. The van der Waals surface area contributed by atoms with Crippen molar-refractivity contribution in [2.75, 3.05) is 33.2 Å². The van der Waals surface area contributed by atoms with Crippen molar-refractivity contribution in [3.05, 3.63) is 0 Å². The van der Waals surface area contributed by atoms with Crippen LogP contribution in [-0.4, -0.2) is 54.9 Å². The first-order valence-electron chi connectivity index (χ1n) is 5.61. The van der Waals surface area contributed by atoms with Gasteiger partial charge in [-0.3, -0.25) is 9.69 Å². The molecule has 14 heavy (non-hydrogen) atoms. The molecule has 2 aliphatic rings. The van der Waals surface area contributed by atoms with E-state index < -0.39 is 0 Å². The Balaban J connectivity index is 1.94. The van der Waals surface area contributed by atoms with E-state index in [-0.39, 0.29) is 0 Å². The van der Waals surface area contributed by atoms with E-state index in [1.165, 1.54) is 19.5 Å². The predicted octanol–water partition coefficient (Wildman–Crippen LogP) is 0.601. The maximum absolute atomic E-state index is 11.2. The molecule has 0 aromatic heterocycles. The highest BCUT2D eigenvalue weighted by molar-refractivity contribution is 5.82. The van der Waals surface area contributed by atoms with Gasteiger partial charge in [0.05, 0.1) is 6.54 Å². The van der Waals surface area contributed by atoms with Crippen molar-refractivity contribution in [3.8, 4) is 0 Å². The van der Waals surface area contributed by atoms with Gasteiger partial charge in [0, 0.05) is 25.6 Å². The normalized spacial score (nSPS) is 36.6. The lowest BCUT2D eigenvalue weighted by atomic mass is 9.93. The highest BCUT2D eigenvalue weighted by Gasteiger charge is 2.32. The molecule has 2 unspecified atom stereocenters. The molecule has 2 rings (SSSR count). The number of hydrogen-bond acceptors (Lipinski definition) is 3. The molecule has 0 N–H and O–H groups in total. The van der Waals surface area contributed by atoms with Gasteiger partial charge in [0.15, 0.2) is 0 Å². The smallest absolute Gasteiger partial charge is 0.148 e. The van der Waals surface area contributed by atoms with E-state index in [4.69, 9.17) is 0 Å². The Kier molecular flexibility index (Phi) is 2.88. The molecule has 0 aromatic rings. The van der Waals surface area contributed by atoms with Crippen LogP contribution in [0.2, 0.25) is 0 Å². The van der Waals surface area contributed by atoms with Crippen LogP contribution in [0, 0.1) is 5.92 Å². The van der Waals surface area contributed by atoms with Crippen molar-refractivity contribution in [2.45, 2.75) is 25.8 Å². The van der Waals surface area contributed by atoms with E-state index in [1.807, 2.05) is 0 Å². The molecule has 2 fully saturated rings. The van der Waals surface area contributed by atoms with Crippen molar-refractivity contribution < 1.29 is 4.79 Å². The Morgan fingerprint density at radius 2 is 2.14 bits per heavy atom. The zero-order chi connectivity index (χ0) is 10.1. The molecular weight excluding hydrogens is 176 g/mol. The predicted molar refractivity (Wildman–Crippen MR) is 56.3 cm³/mol. The average Bonchev–Trinajstić information content (AvgIpc) is 2.51. The van der Waals surface area contributed by atoms with Gasteiger partial charge in [0.2, 0.25) is 0 Å². The zero-order valence-electron chi connectivity index (χ0n) is 9.20. The molecule has 2 heterocycles. The minimum atomic E-state index is 0.427. The maximum atomic E-state index is 11.2. The number of piperidine rings is 1. The van der Waals surface area contributed by atoms with Gasteiger partial charge in [-0.1, -0.05) is 6.92 Å². The summed E-state index contributed by atoms with van der Waals surface area (Å²) < 4.78 is 0. The number of ketones is 1. The number of likely N-dealkylation sites (tertiary alicyclic amines) is 2. The number of nitrogens with zero attached hydrogens (tertiary/aromatic N) is 2. The van der Waals surface area contributed by atoms with E-state index in [2.05, 4.69) is 23.8 Å². The zero-order valence-corrected chi connectivity index (χ0v) is 9.20. The lowest BCUT2D eigenvalue weighted by Crippen LogP contribution is -2.48. The molecule has 80 valence electrons. The summed E-state index contributed by atoms with van der Waals surface area (Å²) in [5.41, 5.74) is 0. The summed E-state index contributed by atoms with van der Waals surface area (Å²) in [6.45, 7) is 6.37. The van der Waals surface area contributed by atoms with Gasteiger partial charge in [-0.2, -0.15) is 0 Å². The van der Waals surface area contributed by atoms with Crippen LogP contribution in [0.3, 0.4) is 0 Å². The molecule has 0 bridgehead atoms. The summed E-state index contributed by atoms with van der Waals surface area (Å²) in [5.74, 6) is 1.13. The van der Waals surface area contributed by atoms with Crippen LogP contribution < -0.4 is 0 Å². The minimum Gasteiger partial charge on any atom is -0.306 e. The standard InChI is InChI=1S/C11H20N2O/c1-9-7-12(2)5-4-11(9)13-6-3-10(14)8-13/h9,11H,3-8H2,1-2H3. The Hall–Kier alpha value is -0.410. The van der Waals surface area contributed by atoms with Crippen LogP contribution in [0.4, 0.5) is 0 Å². The monoisotopic (exact) mass is 196 g/mol. The van der Waals surface area contributed by atoms with Crippen LogP contribution in [0.25, 0.3) is 0 Å². The minimum absolute atomic E-state index is 0.427. The van der Waals surface area contributed by atoms with Crippen molar-refractivity contribution in [1.82, 2.24) is 9.80 Å². The van der Waals surface area contributed by atoms with E-state index in [0.717, 1.165) is 13.0 Å². The second-order valence-corrected chi connectivity index (χ2v) is 4.85. The largest absolute Gasteiger partial charge is 0.306 e. The molecule has 2 aliphatic heterocycles. The summed E-state index contributed by atoms with van der Waals surface area (Å²) in [5, 5.41) is 0. The van der Waals surface area contributed by atoms with Gasteiger partial charge in [-0.05, 0) is 25.9 Å². The summed E-state index contributed by atoms with van der Waals surface area (Å²) in [7, 11) is 2.18. The van der Waals surface area contributed by atoms with Gasteiger partial charge < -0.3 is 4.90 Å². The van der Waals surface area contributed by atoms with Gasteiger partial charge in [0.1, 0.15) is 5.78 Å². The average molecular weight is 196 g/mol. The van der Waals surface area contributed by atoms with Gasteiger partial charge in [-0.25, -0.2) is 0 Å². The number of rotatable bonds is 1. The van der Waals surface area contributed by atoms with Crippen molar-refractivity contribution in [3.63, 3.8) is 0 Å². The highest BCUT2D eigenvalue weighted by atomic mass is 16.1. The quantitative estimate of drug-likeness (QED) is 0.613. The fourth-order valence-electron chi connectivity index (χ4n) is 2.82. The molecule has 2 atom stereocenters. The molecule has 0 aliphatic carbocycles. The van der Waals surface area contributed by atoms with Gasteiger partial charge in [-0.15, -0.1) is 0 Å². The van der Waals surface area contributed by atoms with Crippen LogP contribution in [-0.2, 0) is 4.79 Å². The molecule has 0 radical (unpaired) electrons. The molecule has 0 saturated carbocycles. The first-order valence-corrected chi connectivity index (χ1v) is 5.61. The van der Waals surface area contributed by atoms with E-state index in [0.29, 0.717) is 24.3 Å². The molecule has 0 amide bonds. The Morgan fingerprint density at radius 1 is 1.36 bits per heavy atom. The summed E-state index contributed by atoms with van der Waals surface area (Å²) in [4.78, 5) is 16.0. The van der Waals surface area contributed by atoms with Gasteiger partial charge >= 0.3 is 0 Å². The highest BCUT2D eigenvalue weighted by Crippen LogP contribution is 2.23. The second kappa shape index (κ2) is 3.99. The van der Waals surface area contributed by atoms with E-state index >= 15 is 0 Å². The Bertz CT molecular complexity index is 229. The van der Waals surface area contributed by atoms with Crippen molar-refractivity contribution >= 4 is 5.78 Å². The lowest BCUT2D eigenvalue weighted by molar-refractivity contribution is -0.117. The van der Waals surface area contributed by atoms with Crippen LogP contribution in [0.15, 0.2) is 0 Å². The molecule has 0 aromatic carbocycles. The third-order valence-corrected chi connectivity index (χ3v) is 3.59. The Morgan fingerprint density at radius 3 is 2.71 bits per heavy atom. The maximum Gasteiger partial charge on any atom is 0.148 e. The molecule has 3 nitrogen and oxygen atoms in total.